The molecule has 2 aromatic carbocycles. The fraction of sp³-hybridized carbons (Fsp3) is 0.200. The molecule has 0 unspecified atom stereocenters. The lowest BCUT2D eigenvalue weighted by Crippen LogP contribution is -2.15. The number of hydrogen-bond acceptors (Lipinski definition) is 5. The van der Waals surface area contributed by atoms with E-state index in [1.807, 2.05) is 6.92 Å². The zero-order chi connectivity index (χ0) is 17.8. The molecule has 0 heterocycles. The molecule has 2 rings (SSSR count). The Labute approximate surface area is 141 Å². The van der Waals surface area contributed by atoms with Gasteiger partial charge in [0.2, 0.25) is 10.0 Å². The molecular weight excluding hydrogens is 352 g/mol. The van der Waals surface area contributed by atoms with E-state index in [-0.39, 0.29) is 9.79 Å². The molecule has 0 amide bonds. The summed E-state index contributed by atoms with van der Waals surface area (Å²) >= 11 is 0. The number of ether oxygens (including phenoxy) is 1. The SMILES string of the molecule is CCCOc1ccccc1NS(=O)(=O)c1ccc(S(N)(=O)=O)cc1. The quantitative estimate of drug-likeness (QED) is 0.772. The zero-order valence-electron chi connectivity index (χ0n) is 13.0. The first-order chi connectivity index (χ1) is 11.2. The van der Waals surface area contributed by atoms with Gasteiger partial charge < -0.3 is 4.74 Å². The highest BCUT2D eigenvalue weighted by molar-refractivity contribution is 7.92. The van der Waals surface area contributed by atoms with Crippen LogP contribution in [-0.4, -0.2) is 23.4 Å². The summed E-state index contributed by atoms with van der Waals surface area (Å²) in [5.74, 6) is 0.420. The highest BCUT2D eigenvalue weighted by Crippen LogP contribution is 2.27. The van der Waals surface area contributed by atoms with Gasteiger partial charge in [0.05, 0.1) is 22.1 Å². The van der Waals surface area contributed by atoms with Crippen LogP contribution in [0.4, 0.5) is 5.69 Å². The van der Waals surface area contributed by atoms with E-state index in [0.717, 1.165) is 18.6 Å². The molecule has 0 aromatic heterocycles. The molecule has 130 valence electrons. The van der Waals surface area contributed by atoms with Crippen LogP contribution in [0, 0.1) is 0 Å². The Morgan fingerprint density at radius 3 is 2.12 bits per heavy atom. The molecule has 0 aliphatic rings. The van der Waals surface area contributed by atoms with Crippen LogP contribution in [0.5, 0.6) is 5.75 Å². The number of nitrogens with one attached hydrogen (secondary N) is 1. The number of rotatable bonds is 7. The van der Waals surface area contributed by atoms with Crippen LogP contribution in [0.15, 0.2) is 58.3 Å². The van der Waals surface area contributed by atoms with Gasteiger partial charge in [0.1, 0.15) is 5.75 Å². The van der Waals surface area contributed by atoms with E-state index in [1.54, 1.807) is 24.3 Å². The Morgan fingerprint density at radius 2 is 1.54 bits per heavy atom. The van der Waals surface area contributed by atoms with E-state index in [9.17, 15) is 16.8 Å². The predicted octanol–water partition coefficient (Wildman–Crippen LogP) is 1.92. The van der Waals surface area contributed by atoms with Crippen LogP contribution in [0.25, 0.3) is 0 Å². The third-order valence-corrected chi connectivity index (χ3v) is 5.37. The van der Waals surface area contributed by atoms with Crippen LogP contribution in [0.2, 0.25) is 0 Å². The average Bonchev–Trinajstić information content (AvgIpc) is 2.53. The topological polar surface area (TPSA) is 116 Å². The van der Waals surface area contributed by atoms with Crippen LogP contribution in [0.1, 0.15) is 13.3 Å². The summed E-state index contributed by atoms with van der Waals surface area (Å²) in [5.41, 5.74) is 0.307. The lowest BCUT2D eigenvalue weighted by molar-refractivity contribution is 0.319. The zero-order valence-corrected chi connectivity index (χ0v) is 14.6. The van der Waals surface area contributed by atoms with E-state index in [1.165, 1.54) is 12.1 Å². The van der Waals surface area contributed by atoms with E-state index in [2.05, 4.69) is 4.72 Å². The van der Waals surface area contributed by atoms with Crippen molar-refractivity contribution in [2.24, 2.45) is 5.14 Å². The fourth-order valence-corrected chi connectivity index (χ4v) is 3.49. The third-order valence-electron chi connectivity index (χ3n) is 3.06. The minimum atomic E-state index is -3.89. The van der Waals surface area contributed by atoms with Gasteiger partial charge in [0.15, 0.2) is 0 Å². The van der Waals surface area contributed by atoms with Gasteiger partial charge >= 0.3 is 0 Å². The average molecular weight is 370 g/mol. The summed E-state index contributed by atoms with van der Waals surface area (Å²) < 4.78 is 55.3. The Morgan fingerprint density at radius 1 is 0.958 bits per heavy atom. The number of hydrogen-bond donors (Lipinski definition) is 2. The molecule has 0 spiro atoms. The number of benzene rings is 2. The van der Waals surface area contributed by atoms with Crippen molar-refractivity contribution in [3.05, 3.63) is 48.5 Å². The highest BCUT2D eigenvalue weighted by Gasteiger charge is 2.17. The molecule has 3 N–H and O–H groups in total. The van der Waals surface area contributed by atoms with Gasteiger partial charge in [-0.25, -0.2) is 22.0 Å². The molecule has 9 heteroatoms. The minimum Gasteiger partial charge on any atom is -0.491 e. The van der Waals surface area contributed by atoms with E-state index in [4.69, 9.17) is 9.88 Å². The molecule has 0 radical (unpaired) electrons. The van der Waals surface area contributed by atoms with Gasteiger partial charge in [-0.05, 0) is 42.8 Å². The maximum Gasteiger partial charge on any atom is 0.262 e. The number of primary sulfonamides is 1. The number of sulfonamides is 2. The minimum absolute atomic E-state index is 0.0832. The number of nitrogens with two attached hydrogens (primary N) is 1. The van der Waals surface area contributed by atoms with Crippen molar-refractivity contribution in [3.63, 3.8) is 0 Å². The number of para-hydroxylation sites is 2. The molecule has 0 bridgehead atoms. The maximum atomic E-state index is 12.4. The normalized spacial score (nSPS) is 11.9. The molecule has 0 fully saturated rings. The Balaban J connectivity index is 2.29. The summed E-state index contributed by atoms with van der Waals surface area (Å²) in [6, 6.07) is 11.3. The first-order valence-electron chi connectivity index (χ1n) is 7.11. The van der Waals surface area contributed by atoms with E-state index >= 15 is 0 Å². The second kappa shape index (κ2) is 7.20. The molecule has 7 nitrogen and oxygen atoms in total. The van der Waals surface area contributed by atoms with Gasteiger partial charge in [0, 0.05) is 0 Å². The Kier molecular flexibility index (Phi) is 5.47. The van der Waals surface area contributed by atoms with Crippen LogP contribution >= 0.6 is 0 Å². The molecule has 2 aromatic rings. The summed E-state index contributed by atoms with van der Waals surface area (Å²) in [6.07, 6.45) is 0.788. The smallest absolute Gasteiger partial charge is 0.262 e. The molecule has 0 saturated heterocycles. The number of anilines is 1. The van der Waals surface area contributed by atoms with Crippen molar-refractivity contribution in [1.82, 2.24) is 0 Å². The summed E-state index contributed by atoms with van der Waals surface area (Å²) in [5, 5.41) is 5.00. The highest BCUT2D eigenvalue weighted by atomic mass is 32.2. The van der Waals surface area contributed by atoms with Crippen molar-refractivity contribution >= 4 is 25.7 Å². The fourth-order valence-electron chi connectivity index (χ4n) is 1.90. The summed E-state index contributed by atoms with van der Waals surface area (Å²) in [6.45, 7) is 2.40. The van der Waals surface area contributed by atoms with Crippen molar-refractivity contribution in [2.45, 2.75) is 23.1 Å². The van der Waals surface area contributed by atoms with E-state index in [0.29, 0.717) is 18.0 Å². The predicted molar refractivity (Wildman–Crippen MR) is 90.9 cm³/mol. The lowest BCUT2D eigenvalue weighted by Gasteiger charge is -2.13. The monoisotopic (exact) mass is 370 g/mol. The van der Waals surface area contributed by atoms with Crippen molar-refractivity contribution in [3.8, 4) is 5.75 Å². The Hall–Kier alpha value is -2.10. The Bertz CT molecular complexity index is 907. The second-order valence-electron chi connectivity index (χ2n) is 4.97. The van der Waals surface area contributed by atoms with E-state index < -0.39 is 20.0 Å². The van der Waals surface area contributed by atoms with Gasteiger partial charge in [0.25, 0.3) is 10.0 Å². The van der Waals surface area contributed by atoms with Gasteiger partial charge in [-0.2, -0.15) is 0 Å². The van der Waals surface area contributed by atoms with Crippen LogP contribution in [0.3, 0.4) is 0 Å². The lowest BCUT2D eigenvalue weighted by atomic mass is 10.3. The molecular formula is C15H18N2O5S2. The van der Waals surface area contributed by atoms with Crippen LogP contribution in [-0.2, 0) is 20.0 Å². The molecule has 0 atom stereocenters. The summed E-state index contributed by atoms with van der Waals surface area (Å²) in [4.78, 5) is -0.242. The van der Waals surface area contributed by atoms with Crippen molar-refractivity contribution < 1.29 is 21.6 Å². The molecule has 0 saturated carbocycles. The largest absolute Gasteiger partial charge is 0.491 e. The second-order valence-corrected chi connectivity index (χ2v) is 8.21. The standard InChI is InChI=1S/C15H18N2O5S2/c1-2-11-22-15-6-4-3-5-14(15)17-24(20,21)13-9-7-12(8-10-13)23(16,18)19/h3-10,17H,2,11H2,1H3,(H2,16,18,19). The van der Waals surface area contributed by atoms with Crippen molar-refractivity contribution in [1.29, 1.82) is 0 Å². The van der Waals surface area contributed by atoms with Crippen LogP contribution < -0.4 is 14.6 Å². The van der Waals surface area contributed by atoms with Crippen molar-refractivity contribution in [2.75, 3.05) is 11.3 Å². The summed E-state index contributed by atoms with van der Waals surface area (Å²) in [7, 11) is -7.76. The first kappa shape index (κ1) is 18.2. The molecule has 0 aliphatic heterocycles. The molecule has 24 heavy (non-hydrogen) atoms. The van der Waals surface area contributed by atoms with Gasteiger partial charge in [-0.3, -0.25) is 4.72 Å². The van der Waals surface area contributed by atoms with Gasteiger partial charge in [-0.15, -0.1) is 0 Å². The molecule has 0 aliphatic carbocycles. The maximum absolute atomic E-state index is 12.4. The third kappa shape index (κ3) is 4.47. The first-order valence-corrected chi connectivity index (χ1v) is 10.1. The van der Waals surface area contributed by atoms with Gasteiger partial charge in [-0.1, -0.05) is 19.1 Å².